The van der Waals surface area contributed by atoms with Crippen LogP contribution >= 0.6 is 0 Å². The number of anilines is 1. The normalized spacial score (nSPS) is 15.2. The van der Waals surface area contributed by atoms with Crippen molar-refractivity contribution in [3.05, 3.63) is 71.5 Å². The molecule has 0 N–H and O–H groups in total. The Kier molecular flexibility index (Phi) is 4.73. The van der Waals surface area contributed by atoms with Crippen LogP contribution in [0.5, 0.6) is 0 Å². The molecule has 0 aliphatic carbocycles. The molecule has 0 saturated carbocycles. The number of rotatable bonds is 4. The Morgan fingerprint density at radius 1 is 0.885 bits per heavy atom. The van der Waals surface area contributed by atoms with Crippen LogP contribution in [0.15, 0.2) is 66.0 Å². The zero-order valence-corrected chi connectivity index (χ0v) is 14.5. The lowest BCUT2D eigenvalue weighted by Gasteiger charge is -2.33. The van der Waals surface area contributed by atoms with Crippen molar-refractivity contribution in [2.45, 2.75) is 19.4 Å². The number of nitrogens with zero attached hydrogens (tertiary/aromatic N) is 5. The van der Waals surface area contributed by atoms with Crippen molar-refractivity contribution in [2.24, 2.45) is 5.92 Å². The van der Waals surface area contributed by atoms with Crippen LogP contribution in [-0.4, -0.2) is 32.8 Å². The molecule has 0 aromatic carbocycles. The first kappa shape index (κ1) is 16.4. The number of piperidine rings is 1. The van der Waals surface area contributed by atoms with Crippen LogP contribution in [0.1, 0.15) is 12.8 Å². The molecular formula is C20H21N5O. The minimum absolute atomic E-state index is 0.0423. The molecule has 3 aromatic rings. The highest BCUT2D eigenvalue weighted by molar-refractivity contribution is 5.57. The Morgan fingerprint density at radius 3 is 2.23 bits per heavy atom. The smallest absolute Gasteiger partial charge is 0.266 e. The van der Waals surface area contributed by atoms with Gasteiger partial charge in [0.05, 0.1) is 5.69 Å². The minimum Gasteiger partial charge on any atom is -0.371 e. The Labute approximate surface area is 152 Å². The van der Waals surface area contributed by atoms with E-state index < -0.39 is 0 Å². The van der Waals surface area contributed by atoms with Crippen LogP contribution in [0.3, 0.4) is 0 Å². The van der Waals surface area contributed by atoms with Gasteiger partial charge in [-0.05, 0) is 49.1 Å². The van der Waals surface area contributed by atoms with Crippen molar-refractivity contribution < 1.29 is 0 Å². The van der Waals surface area contributed by atoms with E-state index in [1.54, 1.807) is 29.2 Å². The van der Waals surface area contributed by atoms with E-state index in [-0.39, 0.29) is 5.56 Å². The monoisotopic (exact) mass is 347 g/mol. The highest BCUT2D eigenvalue weighted by Gasteiger charge is 2.20. The molecule has 4 heterocycles. The summed E-state index contributed by atoms with van der Waals surface area (Å²) in [7, 11) is 0. The fraction of sp³-hybridized carbons (Fsp3) is 0.300. The van der Waals surface area contributed by atoms with Gasteiger partial charge >= 0.3 is 0 Å². The van der Waals surface area contributed by atoms with E-state index >= 15 is 0 Å². The van der Waals surface area contributed by atoms with Gasteiger partial charge in [0.2, 0.25) is 0 Å². The molecule has 1 saturated heterocycles. The standard InChI is InChI=1S/C20H21N5O/c26-20-2-1-19(17-3-9-21-10-4-17)23-25(20)15-16-7-13-24(14-8-16)18-5-11-22-12-6-18/h1-6,9-12,16H,7-8,13-15H2. The summed E-state index contributed by atoms with van der Waals surface area (Å²) in [5, 5.41) is 4.57. The molecule has 0 amide bonds. The summed E-state index contributed by atoms with van der Waals surface area (Å²) in [6.45, 7) is 2.66. The molecule has 1 aliphatic rings. The van der Waals surface area contributed by atoms with Gasteiger partial charge in [-0.25, -0.2) is 4.68 Å². The molecule has 0 bridgehead atoms. The average Bonchev–Trinajstić information content (AvgIpc) is 2.71. The first-order valence-electron chi connectivity index (χ1n) is 8.93. The van der Waals surface area contributed by atoms with Crippen molar-refractivity contribution in [2.75, 3.05) is 18.0 Å². The number of pyridine rings is 2. The summed E-state index contributed by atoms with van der Waals surface area (Å²) < 4.78 is 1.61. The largest absolute Gasteiger partial charge is 0.371 e. The van der Waals surface area contributed by atoms with E-state index in [4.69, 9.17) is 0 Å². The lowest BCUT2D eigenvalue weighted by atomic mass is 9.96. The first-order valence-corrected chi connectivity index (χ1v) is 8.93. The zero-order valence-electron chi connectivity index (χ0n) is 14.5. The van der Waals surface area contributed by atoms with Gasteiger partial charge in [-0.3, -0.25) is 14.8 Å². The fourth-order valence-corrected chi connectivity index (χ4v) is 3.43. The summed E-state index contributed by atoms with van der Waals surface area (Å²) in [5.74, 6) is 0.464. The number of hydrogen-bond acceptors (Lipinski definition) is 5. The van der Waals surface area contributed by atoms with Crippen LogP contribution in [0.4, 0.5) is 5.69 Å². The van der Waals surface area contributed by atoms with Gasteiger partial charge in [-0.1, -0.05) is 0 Å². The van der Waals surface area contributed by atoms with Crippen LogP contribution in [0.2, 0.25) is 0 Å². The third kappa shape index (κ3) is 3.64. The molecule has 1 aliphatic heterocycles. The van der Waals surface area contributed by atoms with E-state index in [0.29, 0.717) is 12.5 Å². The third-order valence-electron chi connectivity index (χ3n) is 4.92. The van der Waals surface area contributed by atoms with Crippen molar-refractivity contribution in [1.82, 2.24) is 19.7 Å². The molecule has 4 rings (SSSR count). The van der Waals surface area contributed by atoms with Crippen molar-refractivity contribution in [3.8, 4) is 11.3 Å². The lowest BCUT2D eigenvalue weighted by Crippen LogP contribution is -2.36. The molecular weight excluding hydrogens is 326 g/mol. The topological polar surface area (TPSA) is 63.9 Å². The maximum absolute atomic E-state index is 12.2. The van der Waals surface area contributed by atoms with E-state index in [2.05, 4.69) is 20.0 Å². The van der Waals surface area contributed by atoms with Crippen molar-refractivity contribution >= 4 is 5.69 Å². The van der Waals surface area contributed by atoms with Crippen LogP contribution < -0.4 is 10.5 Å². The second kappa shape index (κ2) is 7.47. The molecule has 132 valence electrons. The average molecular weight is 347 g/mol. The van der Waals surface area contributed by atoms with Gasteiger partial charge < -0.3 is 4.90 Å². The molecule has 6 heteroatoms. The fourth-order valence-electron chi connectivity index (χ4n) is 3.43. The Bertz CT molecular complexity index is 902. The van der Waals surface area contributed by atoms with Crippen molar-refractivity contribution in [1.29, 1.82) is 0 Å². The Balaban J connectivity index is 1.44. The van der Waals surface area contributed by atoms with E-state index in [1.165, 1.54) is 5.69 Å². The molecule has 0 radical (unpaired) electrons. The van der Waals surface area contributed by atoms with Gasteiger partial charge in [0.25, 0.3) is 5.56 Å². The second-order valence-corrected chi connectivity index (χ2v) is 6.61. The number of aromatic nitrogens is 4. The summed E-state index contributed by atoms with van der Waals surface area (Å²) >= 11 is 0. The second-order valence-electron chi connectivity index (χ2n) is 6.61. The zero-order chi connectivity index (χ0) is 17.8. The summed E-state index contributed by atoms with van der Waals surface area (Å²) in [4.78, 5) is 22.7. The predicted octanol–water partition coefficient (Wildman–Crippen LogP) is 2.62. The van der Waals surface area contributed by atoms with E-state index in [0.717, 1.165) is 37.2 Å². The van der Waals surface area contributed by atoms with Crippen LogP contribution in [0.25, 0.3) is 11.3 Å². The quantitative estimate of drug-likeness (QED) is 0.726. The van der Waals surface area contributed by atoms with Crippen molar-refractivity contribution in [3.63, 3.8) is 0 Å². The highest BCUT2D eigenvalue weighted by Crippen LogP contribution is 2.23. The SMILES string of the molecule is O=c1ccc(-c2ccncc2)nn1CC1CCN(c2ccncc2)CC1. The summed E-state index contributed by atoms with van der Waals surface area (Å²) in [5.41, 5.74) is 2.95. The Morgan fingerprint density at radius 2 is 1.54 bits per heavy atom. The molecule has 0 spiro atoms. The molecule has 3 aromatic heterocycles. The first-order chi connectivity index (χ1) is 12.8. The summed E-state index contributed by atoms with van der Waals surface area (Å²) in [6.07, 6.45) is 9.24. The molecule has 1 fully saturated rings. The molecule has 26 heavy (non-hydrogen) atoms. The molecule has 0 atom stereocenters. The maximum Gasteiger partial charge on any atom is 0.266 e. The Hall–Kier alpha value is -3.02. The maximum atomic E-state index is 12.2. The van der Waals surface area contributed by atoms with Gasteiger partial charge in [0.1, 0.15) is 0 Å². The lowest BCUT2D eigenvalue weighted by molar-refractivity contribution is 0.336. The van der Waals surface area contributed by atoms with E-state index in [1.807, 2.05) is 36.7 Å². The van der Waals surface area contributed by atoms with E-state index in [9.17, 15) is 4.79 Å². The third-order valence-corrected chi connectivity index (χ3v) is 4.92. The molecule has 0 unspecified atom stereocenters. The highest BCUT2D eigenvalue weighted by atomic mass is 16.1. The van der Waals surface area contributed by atoms with Gasteiger partial charge in [0.15, 0.2) is 0 Å². The summed E-state index contributed by atoms with van der Waals surface area (Å²) in [6, 6.07) is 11.3. The predicted molar refractivity (Wildman–Crippen MR) is 101 cm³/mol. The van der Waals surface area contributed by atoms with Gasteiger partial charge in [-0.15, -0.1) is 0 Å². The van der Waals surface area contributed by atoms with Crippen LogP contribution in [0, 0.1) is 5.92 Å². The molecule has 6 nitrogen and oxygen atoms in total. The van der Waals surface area contributed by atoms with Crippen LogP contribution in [-0.2, 0) is 6.54 Å². The van der Waals surface area contributed by atoms with Gasteiger partial charge in [0, 0.05) is 61.7 Å². The minimum atomic E-state index is -0.0423. The van der Waals surface area contributed by atoms with Gasteiger partial charge in [-0.2, -0.15) is 5.10 Å². The number of hydrogen-bond donors (Lipinski definition) is 0.